The van der Waals surface area contributed by atoms with Gasteiger partial charge >= 0.3 is 0 Å². The van der Waals surface area contributed by atoms with Crippen LogP contribution in [0.5, 0.6) is 5.75 Å². The quantitative estimate of drug-likeness (QED) is 0.456. The number of rotatable bonds is 9. The number of amides is 1. The fourth-order valence-electron chi connectivity index (χ4n) is 3.96. The van der Waals surface area contributed by atoms with Crippen molar-refractivity contribution in [1.29, 1.82) is 5.26 Å². The van der Waals surface area contributed by atoms with E-state index in [2.05, 4.69) is 5.32 Å². The van der Waals surface area contributed by atoms with Crippen molar-refractivity contribution in [2.75, 3.05) is 25.1 Å². The van der Waals surface area contributed by atoms with Crippen LogP contribution in [0.4, 0.5) is 5.95 Å². The molecule has 2 aromatic carbocycles. The van der Waals surface area contributed by atoms with Crippen molar-refractivity contribution in [2.24, 2.45) is 0 Å². The van der Waals surface area contributed by atoms with Gasteiger partial charge in [0.2, 0.25) is 5.95 Å². The largest absolute Gasteiger partial charge is 0.484 e. The fraction of sp³-hybridized carbons (Fsp3) is 0.333. The summed E-state index contributed by atoms with van der Waals surface area (Å²) in [6.07, 6.45) is 1.15. The lowest BCUT2D eigenvalue weighted by Gasteiger charge is -2.29. The Kier molecular flexibility index (Phi) is 8.31. The highest BCUT2D eigenvalue weighted by molar-refractivity contribution is 6.30. The number of anilines is 1. The van der Waals surface area contributed by atoms with Gasteiger partial charge in [-0.3, -0.25) is 9.59 Å². The Hall–Kier alpha value is -4.03. The third-order valence-corrected chi connectivity index (χ3v) is 6.28. The zero-order valence-electron chi connectivity index (χ0n) is 20.7. The average Bonchev–Trinajstić information content (AvgIpc) is 2.92. The molecule has 0 saturated carbocycles. The summed E-state index contributed by atoms with van der Waals surface area (Å²) >= 11 is 6.01. The number of fused-ring (bicyclic) bond motifs is 1. The van der Waals surface area contributed by atoms with Gasteiger partial charge < -0.3 is 19.8 Å². The van der Waals surface area contributed by atoms with Crippen molar-refractivity contribution in [3.63, 3.8) is 0 Å². The number of nitrogens with zero attached hydrogens (tertiary/aromatic N) is 4. The van der Waals surface area contributed by atoms with E-state index >= 15 is 0 Å². The lowest BCUT2D eigenvalue weighted by molar-refractivity contribution is -0.134. The van der Waals surface area contributed by atoms with Crippen molar-refractivity contribution in [3.8, 4) is 11.8 Å². The van der Waals surface area contributed by atoms with E-state index in [-0.39, 0.29) is 30.7 Å². The summed E-state index contributed by atoms with van der Waals surface area (Å²) in [7, 11) is 0. The first-order valence-corrected chi connectivity index (χ1v) is 12.5. The van der Waals surface area contributed by atoms with Crippen molar-refractivity contribution < 1.29 is 14.4 Å². The van der Waals surface area contributed by atoms with Crippen LogP contribution in [0.1, 0.15) is 48.7 Å². The van der Waals surface area contributed by atoms with Gasteiger partial charge in [0.1, 0.15) is 12.4 Å². The molecule has 0 fully saturated rings. The second-order valence-corrected chi connectivity index (χ2v) is 9.14. The second kappa shape index (κ2) is 11.8. The number of hydrogen-bond acceptors (Lipinski definition) is 7. The SMILES string of the molecule is CCCOn1c(N[C@@H](C)c2ccc(Cl)cc2)nc2c(c1=O)CN(C(=O)COc1ccc(C#N)cc1)CC2. The molecule has 0 aliphatic carbocycles. The molecule has 4 rings (SSSR count). The molecule has 2 heterocycles. The van der Waals surface area contributed by atoms with E-state index < -0.39 is 0 Å². The van der Waals surface area contributed by atoms with Gasteiger partial charge in [0.15, 0.2) is 6.61 Å². The number of aromatic nitrogens is 2. The predicted octanol–water partition coefficient (Wildman–Crippen LogP) is 3.74. The molecule has 1 amide bonds. The maximum Gasteiger partial charge on any atom is 0.293 e. The van der Waals surface area contributed by atoms with Gasteiger partial charge in [0.25, 0.3) is 11.5 Å². The van der Waals surface area contributed by atoms with E-state index in [0.717, 1.165) is 5.56 Å². The third kappa shape index (κ3) is 6.22. The van der Waals surface area contributed by atoms with Crippen LogP contribution in [0.15, 0.2) is 53.3 Å². The van der Waals surface area contributed by atoms with E-state index in [1.807, 2.05) is 44.2 Å². The first-order valence-electron chi connectivity index (χ1n) is 12.1. The van der Waals surface area contributed by atoms with Gasteiger partial charge in [0.05, 0.1) is 35.5 Å². The Morgan fingerprint density at radius 3 is 2.62 bits per heavy atom. The lowest BCUT2D eigenvalue weighted by Crippen LogP contribution is -2.44. The number of carbonyl (C=O) groups excluding carboxylic acids is 1. The van der Waals surface area contributed by atoms with Gasteiger partial charge in [-0.25, -0.2) is 4.98 Å². The van der Waals surface area contributed by atoms with Gasteiger partial charge in [-0.2, -0.15) is 5.26 Å². The van der Waals surface area contributed by atoms with E-state index in [1.165, 1.54) is 4.73 Å². The molecular formula is C27H28ClN5O4. The number of carbonyl (C=O) groups is 1. The summed E-state index contributed by atoms with van der Waals surface area (Å²) in [6.45, 7) is 4.63. The number of nitrogens with one attached hydrogen (secondary N) is 1. The molecule has 0 bridgehead atoms. The van der Waals surface area contributed by atoms with E-state index in [1.54, 1.807) is 29.2 Å². The van der Waals surface area contributed by atoms with Crippen molar-refractivity contribution >= 4 is 23.5 Å². The van der Waals surface area contributed by atoms with Crippen LogP contribution in [0.2, 0.25) is 5.02 Å². The molecule has 1 aliphatic rings. The van der Waals surface area contributed by atoms with Crippen molar-refractivity contribution in [3.05, 3.63) is 86.3 Å². The first-order chi connectivity index (χ1) is 17.9. The Morgan fingerprint density at radius 2 is 1.95 bits per heavy atom. The molecule has 1 aromatic heterocycles. The van der Waals surface area contributed by atoms with Crippen molar-refractivity contribution in [1.82, 2.24) is 14.6 Å². The Bertz CT molecular complexity index is 1350. The molecule has 192 valence electrons. The Labute approximate surface area is 220 Å². The van der Waals surface area contributed by atoms with Gasteiger partial charge in [-0.15, -0.1) is 4.73 Å². The minimum atomic E-state index is -0.338. The third-order valence-electron chi connectivity index (χ3n) is 6.03. The lowest BCUT2D eigenvalue weighted by atomic mass is 10.1. The van der Waals surface area contributed by atoms with Crippen LogP contribution in [0.3, 0.4) is 0 Å². The maximum atomic E-state index is 13.5. The van der Waals surface area contributed by atoms with E-state index in [9.17, 15) is 9.59 Å². The molecular weight excluding hydrogens is 494 g/mol. The molecule has 0 spiro atoms. The molecule has 10 heteroatoms. The van der Waals surface area contributed by atoms with Gasteiger partial charge in [-0.1, -0.05) is 30.7 Å². The topological polar surface area (TPSA) is 109 Å². The number of halogens is 1. The highest BCUT2D eigenvalue weighted by Gasteiger charge is 2.27. The monoisotopic (exact) mass is 521 g/mol. The Balaban J connectivity index is 1.51. The van der Waals surface area contributed by atoms with Crippen LogP contribution in [0, 0.1) is 11.3 Å². The van der Waals surface area contributed by atoms with Crippen LogP contribution in [-0.2, 0) is 17.8 Å². The minimum Gasteiger partial charge on any atom is -0.484 e. The Morgan fingerprint density at radius 1 is 1.22 bits per heavy atom. The first kappa shape index (κ1) is 26.0. The maximum absolute atomic E-state index is 13.5. The molecule has 1 N–H and O–H groups in total. The number of nitriles is 1. The van der Waals surface area contributed by atoms with Crippen LogP contribution >= 0.6 is 11.6 Å². The smallest absolute Gasteiger partial charge is 0.293 e. The highest BCUT2D eigenvalue weighted by Crippen LogP contribution is 2.22. The van der Waals surface area contributed by atoms with Crippen molar-refractivity contribution in [2.45, 2.75) is 39.3 Å². The zero-order valence-corrected chi connectivity index (χ0v) is 21.5. The zero-order chi connectivity index (χ0) is 26.4. The van der Waals surface area contributed by atoms with Crippen LogP contribution < -0.4 is 20.5 Å². The van der Waals surface area contributed by atoms with E-state index in [4.69, 9.17) is 31.4 Å². The van der Waals surface area contributed by atoms with E-state index in [0.29, 0.717) is 59.5 Å². The molecule has 9 nitrogen and oxygen atoms in total. The summed E-state index contributed by atoms with van der Waals surface area (Å²) in [6, 6.07) is 15.9. The molecule has 37 heavy (non-hydrogen) atoms. The summed E-state index contributed by atoms with van der Waals surface area (Å²) in [5.41, 5.74) is 2.23. The highest BCUT2D eigenvalue weighted by atomic mass is 35.5. The summed E-state index contributed by atoms with van der Waals surface area (Å²) in [4.78, 5) is 38.4. The normalized spacial score (nSPS) is 13.3. The summed E-state index contributed by atoms with van der Waals surface area (Å²) in [5.74, 6) is 0.574. The van der Waals surface area contributed by atoms with Gasteiger partial charge in [-0.05, 0) is 55.3 Å². The molecule has 0 unspecified atom stereocenters. The predicted molar refractivity (Wildman–Crippen MR) is 139 cm³/mol. The standard InChI is InChI=1S/C27H28ClN5O4/c1-3-14-37-33-26(35)23-16-32(25(34)17-36-22-10-4-19(15-29)5-11-22)13-12-24(23)31-27(33)30-18(2)20-6-8-21(28)9-7-20/h4-11,18H,3,12-14,16-17H2,1-2H3,(H,30,31)/t18-/m0/s1. The molecule has 3 aromatic rings. The summed E-state index contributed by atoms with van der Waals surface area (Å²) < 4.78 is 6.78. The van der Waals surface area contributed by atoms with Crippen LogP contribution in [-0.4, -0.2) is 40.3 Å². The number of benzene rings is 2. The molecule has 1 aliphatic heterocycles. The molecule has 1 atom stereocenters. The second-order valence-electron chi connectivity index (χ2n) is 8.70. The molecule has 0 radical (unpaired) electrons. The number of hydrogen-bond donors (Lipinski definition) is 1. The molecule has 0 saturated heterocycles. The minimum absolute atomic E-state index is 0.124. The summed E-state index contributed by atoms with van der Waals surface area (Å²) in [5, 5.41) is 12.8. The number of ether oxygens (including phenoxy) is 1. The van der Waals surface area contributed by atoms with Gasteiger partial charge in [0, 0.05) is 18.0 Å². The fourth-order valence-corrected chi connectivity index (χ4v) is 4.08. The van der Waals surface area contributed by atoms with Crippen LogP contribution in [0.25, 0.3) is 0 Å². The average molecular weight is 522 g/mol.